The minimum Gasteiger partial charge on any atom is -0.452 e. The first-order valence-electron chi connectivity index (χ1n) is 5.03. The first-order chi connectivity index (χ1) is 8.02. The van der Waals surface area contributed by atoms with E-state index in [1.165, 1.54) is 6.26 Å². The molecule has 6 heteroatoms. The Balaban J connectivity index is 2.51. The van der Waals surface area contributed by atoms with Gasteiger partial charge in [0.15, 0.2) is 0 Å². The summed E-state index contributed by atoms with van der Waals surface area (Å²) in [6.07, 6.45) is 2.99. The van der Waals surface area contributed by atoms with Crippen LogP contribution in [0, 0.1) is 0 Å². The Morgan fingerprint density at radius 1 is 1.59 bits per heavy atom. The minimum absolute atomic E-state index is 0.0888. The number of rotatable bonds is 3. The van der Waals surface area contributed by atoms with Gasteiger partial charge in [-0.3, -0.25) is 9.48 Å². The zero-order valence-electron chi connectivity index (χ0n) is 9.28. The molecule has 0 bridgehead atoms. The van der Waals surface area contributed by atoms with Crippen molar-refractivity contribution in [3.8, 4) is 0 Å². The predicted octanol–water partition coefficient (Wildman–Crippen LogP) is 3.70. The van der Waals surface area contributed by atoms with Gasteiger partial charge in [0.1, 0.15) is 5.69 Å². The number of ketones is 1. The largest absolute Gasteiger partial charge is 0.452 e. The summed E-state index contributed by atoms with van der Waals surface area (Å²) < 4.78 is 7.22. The SMILES string of the molecule is CC(C)n1ncc(Br)c1C(=O)c1ccoc1Cl. The lowest BCUT2D eigenvalue weighted by atomic mass is 10.1. The first kappa shape index (κ1) is 12.4. The van der Waals surface area contributed by atoms with Gasteiger partial charge in [-0.15, -0.1) is 0 Å². The van der Waals surface area contributed by atoms with E-state index in [0.29, 0.717) is 15.7 Å². The number of hydrogen-bond donors (Lipinski definition) is 0. The Kier molecular flexibility index (Phi) is 3.40. The van der Waals surface area contributed by atoms with Crippen LogP contribution >= 0.6 is 27.5 Å². The van der Waals surface area contributed by atoms with Crippen LogP contribution in [0.4, 0.5) is 0 Å². The summed E-state index contributed by atoms with van der Waals surface area (Å²) in [6, 6.07) is 1.64. The highest BCUT2D eigenvalue weighted by molar-refractivity contribution is 9.10. The van der Waals surface area contributed by atoms with Gasteiger partial charge in [-0.1, -0.05) is 0 Å². The Morgan fingerprint density at radius 2 is 2.29 bits per heavy atom. The van der Waals surface area contributed by atoms with Gasteiger partial charge in [-0.2, -0.15) is 5.10 Å². The topological polar surface area (TPSA) is 48.0 Å². The molecule has 0 saturated heterocycles. The van der Waals surface area contributed by atoms with Crippen molar-refractivity contribution in [2.45, 2.75) is 19.9 Å². The molecule has 90 valence electrons. The number of halogens is 2. The lowest BCUT2D eigenvalue weighted by Gasteiger charge is -2.09. The summed E-state index contributed by atoms with van der Waals surface area (Å²) in [4.78, 5) is 12.3. The molecule has 0 N–H and O–H groups in total. The summed E-state index contributed by atoms with van der Waals surface area (Å²) in [6.45, 7) is 3.90. The van der Waals surface area contributed by atoms with E-state index in [1.54, 1.807) is 16.9 Å². The smallest absolute Gasteiger partial charge is 0.217 e. The standard InChI is InChI=1S/C11H10BrClN2O2/c1-6(2)15-9(8(12)5-14-15)10(16)7-3-4-17-11(7)13/h3-6H,1-2H3. The molecule has 2 aromatic rings. The highest BCUT2D eigenvalue weighted by Gasteiger charge is 2.23. The van der Waals surface area contributed by atoms with Crippen LogP contribution in [0.2, 0.25) is 5.22 Å². The molecule has 0 atom stereocenters. The highest BCUT2D eigenvalue weighted by Crippen LogP contribution is 2.26. The molecule has 0 fully saturated rings. The number of aromatic nitrogens is 2. The van der Waals surface area contributed by atoms with Crippen LogP contribution < -0.4 is 0 Å². The van der Waals surface area contributed by atoms with Crippen LogP contribution in [-0.2, 0) is 0 Å². The molecule has 0 amide bonds. The fourth-order valence-electron chi connectivity index (χ4n) is 1.53. The average molecular weight is 318 g/mol. The lowest BCUT2D eigenvalue weighted by Crippen LogP contribution is -2.13. The average Bonchev–Trinajstić information content (AvgIpc) is 2.83. The third-order valence-corrected chi connectivity index (χ3v) is 3.19. The molecular weight excluding hydrogens is 307 g/mol. The molecule has 0 spiro atoms. The molecule has 0 aliphatic carbocycles. The molecule has 0 unspecified atom stereocenters. The number of hydrogen-bond acceptors (Lipinski definition) is 3. The Labute approximate surface area is 112 Å². The third-order valence-electron chi connectivity index (χ3n) is 2.32. The van der Waals surface area contributed by atoms with Crippen molar-refractivity contribution in [1.82, 2.24) is 9.78 Å². The maximum absolute atomic E-state index is 12.3. The second-order valence-corrected chi connectivity index (χ2v) is 5.01. The minimum atomic E-state index is -0.207. The Morgan fingerprint density at radius 3 is 2.82 bits per heavy atom. The van der Waals surface area contributed by atoms with Gasteiger partial charge >= 0.3 is 0 Å². The van der Waals surface area contributed by atoms with E-state index in [0.717, 1.165) is 0 Å². The van der Waals surface area contributed by atoms with E-state index in [-0.39, 0.29) is 17.0 Å². The molecule has 17 heavy (non-hydrogen) atoms. The number of furan rings is 1. The third kappa shape index (κ3) is 2.17. The van der Waals surface area contributed by atoms with Crippen molar-refractivity contribution in [1.29, 1.82) is 0 Å². The second-order valence-electron chi connectivity index (χ2n) is 3.82. The fraction of sp³-hybridized carbons (Fsp3) is 0.273. The maximum atomic E-state index is 12.3. The Bertz CT molecular complexity index is 560. The molecule has 2 aromatic heterocycles. The van der Waals surface area contributed by atoms with E-state index >= 15 is 0 Å². The number of carbonyl (C=O) groups excluding carboxylic acids is 1. The molecule has 0 aliphatic heterocycles. The van der Waals surface area contributed by atoms with E-state index in [9.17, 15) is 4.79 Å². The van der Waals surface area contributed by atoms with Gasteiger partial charge in [0, 0.05) is 6.04 Å². The zero-order valence-corrected chi connectivity index (χ0v) is 11.6. The van der Waals surface area contributed by atoms with E-state index in [4.69, 9.17) is 16.0 Å². The van der Waals surface area contributed by atoms with Crippen molar-refractivity contribution >= 4 is 33.3 Å². The summed E-state index contributed by atoms with van der Waals surface area (Å²) in [5.74, 6) is -0.207. The van der Waals surface area contributed by atoms with Crippen molar-refractivity contribution in [2.24, 2.45) is 0 Å². The van der Waals surface area contributed by atoms with Crippen LogP contribution in [0.5, 0.6) is 0 Å². The van der Waals surface area contributed by atoms with Crippen LogP contribution in [0.25, 0.3) is 0 Å². The van der Waals surface area contributed by atoms with Gasteiger partial charge < -0.3 is 4.42 Å². The van der Waals surface area contributed by atoms with Gasteiger partial charge in [-0.25, -0.2) is 0 Å². The highest BCUT2D eigenvalue weighted by atomic mass is 79.9. The first-order valence-corrected chi connectivity index (χ1v) is 6.20. The number of carbonyl (C=O) groups is 1. The molecule has 0 saturated carbocycles. The van der Waals surface area contributed by atoms with Gasteiger partial charge in [0.2, 0.25) is 11.0 Å². The molecule has 4 nitrogen and oxygen atoms in total. The normalized spacial score (nSPS) is 11.1. The number of nitrogens with zero attached hydrogens (tertiary/aromatic N) is 2. The summed E-state index contributed by atoms with van der Waals surface area (Å²) in [5.41, 5.74) is 0.818. The van der Waals surface area contributed by atoms with E-state index in [1.807, 2.05) is 13.8 Å². The van der Waals surface area contributed by atoms with Gasteiger partial charge in [0.25, 0.3) is 0 Å². The second kappa shape index (κ2) is 4.66. The van der Waals surface area contributed by atoms with Gasteiger partial charge in [-0.05, 0) is 47.4 Å². The van der Waals surface area contributed by atoms with Crippen molar-refractivity contribution in [2.75, 3.05) is 0 Å². The maximum Gasteiger partial charge on any atom is 0.217 e. The van der Waals surface area contributed by atoms with E-state index in [2.05, 4.69) is 21.0 Å². The van der Waals surface area contributed by atoms with Crippen molar-refractivity contribution < 1.29 is 9.21 Å². The van der Waals surface area contributed by atoms with Crippen molar-refractivity contribution in [3.05, 3.63) is 39.5 Å². The van der Waals surface area contributed by atoms with Crippen LogP contribution in [-0.4, -0.2) is 15.6 Å². The molecule has 2 heterocycles. The van der Waals surface area contributed by atoms with Crippen LogP contribution in [0.1, 0.15) is 35.9 Å². The zero-order chi connectivity index (χ0) is 12.6. The van der Waals surface area contributed by atoms with Crippen LogP contribution in [0.3, 0.4) is 0 Å². The van der Waals surface area contributed by atoms with E-state index < -0.39 is 0 Å². The quantitative estimate of drug-likeness (QED) is 0.811. The molecule has 0 radical (unpaired) electrons. The summed E-state index contributed by atoms with van der Waals surface area (Å²) >= 11 is 9.12. The lowest BCUT2D eigenvalue weighted by molar-refractivity contribution is 0.102. The predicted molar refractivity (Wildman–Crippen MR) is 67.5 cm³/mol. The van der Waals surface area contributed by atoms with Crippen LogP contribution in [0.15, 0.2) is 27.4 Å². The molecule has 0 aliphatic rings. The molecule has 0 aromatic carbocycles. The van der Waals surface area contributed by atoms with Gasteiger partial charge in [0.05, 0.1) is 22.5 Å². The molecule has 2 rings (SSSR count). The fourth-order valence-corrected chi connectivity index (χ4v) is 2.18. The van der Waals surface area contributed by atoms with Crippen molar-refractivity contribution in [3.63, 3.8) is 0 Å². The summed E-state index contributed by atoms with van der Waals surface area (Å²) in [5, 5.41) is 4.25. The molecular formula is C11H10BrClN2O2. The monoisotopic (exact) mass is 316 g/mol. The summed E-state index contributed by atoms with van der Waals surface area (Å²) in [7, 11) is 0. The Hall–Kier alpha value is -1.07.